The van der Waals surface area contributed by atoms with Crippen molar-refractivity contribution in [3.63, 3.8) is 0 Å². The predicted molar refractivity (Wildman–Crippen MR) is 78.7 cm³/mol. The van der Waals surface area contributed by atoms with Crippen molar-refractivity contribution < 1.29 is 22.0 Å². The lowest BCUT2D eigenvalue weighted by atomic mass is 10.2. The van der Waals surface area contributed by atoms with Gasteiger partial charge >= 0.3 is 17.9 Å². The van der Waals surface area contributed by atoms with Gasteiger partial charge in [-0.2, -0.15) is 8.78 Å². The molecule has 0 N–H and O–H groups in total. The zero-order valence-electron chi connectivity index (χ0n) is 11.9. The van der Waals surface area contributed by atoms with Gasteiger partial charge < -0.3 is 8.83 Å². The molecule has 2 heterocycles. The summed E-state index contributed by atoms with van der Waals surface area (Å²) in [6.07, 6.45) is -2.75. The fourth-order valence-electron chi connectivity index (χ4n) is 1.68. The Morgan fingerprint density at radius 2 is 1.54 bits per heavy atom. The van der Waals surface area contributed by atoms with E-state index in [1.165, 1.54) is 0 Å². The van der Waals surface area contributed by atoms with E-state index in [-0.39, 0.29) is 22.8 Å². The number of nitrogens with zero attached hydrogens (tertiary/aromatic N) is 4. The Balaban J connectivity index is 1.66. The maximum atomic E-state index is 12.7. The summed E-state index contributed by atoms with van der Waals surface area (Å²) in [5.74, 6) is -1.09. The number of hydrogen-bond donors (Lipinski definition) is 0. The molecule has 3 rings (SSSR count). The third-order valence-electron chi connectivity index (χ3n) is 2.79. The number of aromatic nitrogens is 4. The molecule has 0 saturated heterocycles. The first-order chi connectivity index (χ1) is 11.6. The molecule has 0 saturated carbocycles. The van der Waals surface area contributed by atoms with E-state index in [2.05, 4.69) is 20.4 Å². The second-order valence-electron chi connectivity index (χ2n) is 4.42. The summed E-state index contributed by atoms with van der Waals surface area (Å²) in [6.45, 7) is 0. The van der Waals surface area contributed by atoms with Crippen molar-refractivity contribution in [2.45, 2.75) is 11.6 Å². The average Bonchev–Trinajstić information content (AvgIpc) is 3.24. The molecule has 0 aliphatic carbocycles. The fraction of sp³-hybridized carbons (Fsp3) is 0.143. The van der Waals surface area contributed by atoms with E-state index in [0.717, 1.165) is 17.3 Å². The molecular formula is C14H9F3N4O2S. The number of allylic oxidation sites excluding steroid dienone is 1. The van der Waals surface area contributed by atoms with Gasteiger partial charge in [0.15, 0.2) is 5.83 Å². The smallest absolute Gasteiger partial charge is 0.306 e. The quantitative estimate of drug-likeness (QED) is 0.609. The van der Waals surface area contributed by atoms with Crippen LogP contribution in [0, 0.1) is 0 Å². The average molecular weight is 354 g/mol. The van der Waals surface area contributed by atoms with Crippen LogP contribution < -0.4 is 0 Å². The summed E-state index contributed by atoms with van der Waals surface area (Å²) in [5.41, 5.74) is 0.737. The lowest BCUT2D eigenvalue weighted by Gasteiger charge is -1.93. The molecule has 24 heavy (non-hydrogen) atoms. The molecule has 0 aliphatic rings. The molecule has 0 unspecified atom stereocenters. The van der Waals surface area contributed by atoms with Crippen molar-refractivity contribution in [2.75, 3.05) is 5.75 Å². The Hall–Kier alpha value is -2.62. The molecule has 0 amide bonds. The van der Waals surface area contributed by atoms with Crippen LogP contribution >= 0.6 is 11.8 Å². The lowest BCUT2D eigenvalue weighted by Crippen LogP contribution is -1.82. The zero-order valence-corrected chi connectivity index (χ0v) is 12.8. The van der Waals surface area contributed by atoms with Crippen LogP contribution in [0.25, 0.3) is 23.2 Å². The molecule has 1 aromatic carbocycles. The Bertz CT molecular complexity index is 847. The van der Waals surface area contributed by atoms with Gasteiger partial charge in [-0.05, 0) is 12.1 Å². The summed E-state index contributed by atoms with van der Waals surface area (Å²) < 4.78 is 47.3. The first-order valence-corrected chi connectivity index (χ1v) is 7.67. The Morgan fingerprint density at radius 3 is 2.29 bits per heavy atom. The van der Waals surface area contributed by atoms with Crippen LogP contribution in [0.1, 0.15) is 6.42 Å². The van der Waals surface area contributed by atoms with Crippen LogP contribution in [-0.2, 0) is 0 Å². The summed E-state index contributed by atoms with van der Waals surface area (Å²) in [7, 11) is 0. The number of benzene rings is 1. The second-order valence-corrected chi connectivity index (χ2v) is 5.46. The van der Waals surface area contributed by atoms with Gasteiger partial charge in [-0.3, -0.25) is 0 Å². The minimum absolute atomic E-state index is 0.000123. The number of rotatable bonds is 6. The van der Waals surface area contributed by atoms with Crippen LogP contribution in [0.15, 0.2) is 56.3 Å². The molecule has 3 aromatic rings. The number of thioether (sulfide) groups is 1. The maximum absolute atomic E-state index is 12.7. The van der Waals surface area contributed by atoms with Crippen LogP contribution in [0.4, 0.5) is 13.2 Å². The van der Waals surface area contributed by atoms with E-state index >= 15 is 0 Å². The van der Waals surface area contributed by atoms with E-state index in [4.69, 9.17) is 8.83 Å². The molecule has 0 bridgehead atoms. The van der Waals surface area contributed by atoms with E-state index in [0.29, 0.717) is 5.89 Å². The SMILES string of the molecule is FC(F)=C(F)CCSc1nnc(-c2nnc(-c3ccccc3)o2)o1. The number of halogens is 3. The van der Waals surface area contributed by atoms with Gasteiger partial charge in [-0.25, -0.2) is 4.39 Å². The minimum Gasteiger partial charge on any atom is -0.412 e. The minimum atomic E-state index is -2.32. The summed E-state index contributed by atoms with van der Waals surface area (Å²) in [5, 5.41) is 15.2. The molecule has 0 fully saturated rings. The van der Waals surface area contributed by atoms with Crippen molar-refractivity contribution in [2.24, 2.45) is 0 Å². The Morgan fingerprint density at radius 1 is 0.875 bits per heavy atom. The number of hydrogen-bond acceptors (Lipinski definition) is 7. The van der Waals surface area contributed by atoms with Crippen LogP contribution in [0.2, 0.25) is 0 Å². The summed E-state index contributed by atoms with van der Waals surface area (Å²) >= 11 is 0.947. The van der Waals surface area contributed by atoms with Crippen molar-refractivity contribution in [1.82, 2.24) is 20.4 Å². The first kappa shape index (κ1) is 16.2. The normalized spacial score (nSPS) is 10.8. The van der Waals surface area contributed by atoms with Crippen LogP contribution in [-0.4, -0.2) is 26.1 Å². The van der Waals surface area contributed by atoms with Crippen LogP contribution in [0.5, 0.6) is 0 Å². The third-order valence-corrected chi connectivity index (χ3v) is 3.61. The van der Waals surface area contributed by atoms with E-state index in [1.54, 1.807) is 12.1 Å². The highest BCUT2D eigenvalue weighted by molar-refractivity contribution is 7.99. The monoisotopic (exact) mass is 354 g/mol. The zero-order chi connectivity index (χ0) is 16.9. The molecule has 2 aromatic heterocycles. The highest BCUT2D eigenvalue weighted by Gasteiger charge is 2.17. The topological polar surface area (TPSA) is 77.8 Å². The van der Waals surface area contributed by atoms with Gasteiger partial charge in [-0.1, -0.05) is 30.0 Å². The van der Waals surface area contributed by atoms with Crippen LogP contribution in [0.3, 0.4) is 0 Å². The first-order valence-electron chi connectivity index (χ1n) is 6.68. The molecule has 0 spiro atoms. The van der Waals surface area contributed by atoms with E-state index in [1.807, 2.05) is 18.2 Å². The molecule has 6 nitrogen and oxygen atoms in total. The molecular weight excluding hydrogens is 345 g/mol. The van der Waals surface area contributed by atoms with Crippen molar-refractivity contribution in [3.8, 4) is 23.2 Å². The second kappa shape index (κ2) is 7.30. The van der Waals surface area contributed by atoms with Gasteiger partial charge in [0.1, 0.15) is 0 Å². The van der Waals surface area contributed by atoms with Gasteiger partial charge in [-0.15, -0.1) is 20.4 Å². The largest absolute Gasteiger partial charge is 0.412 e. The molecule has 124 valence electrons. The lowest BCUT2D eigenvalue weighted by molar-refractivity contribution is 0.373. The Kier molecular flexibility index (Phi) is 4.94. The maximum Gasteiger partial charge on any atom is 0.306 e. The van der Waals surface area contributed by atoms with Gasteiger partial charge in [0.25, 0.3) is 5.22 Å². The van der Waals surface area contributed by atoms with Crippen molar-refractivity contribution >= 4 is 11.8 Å². The molecule has 10 heteroatoms. The molecule has 0 aliphatic heterocycles. The van der Waals surface area contributed by atoms with Crippen molar-refractivity contribution in [3.05, 3.63) is 42.2 Å². The highest BCUT2D eigenvalue weighted by Crippen LogP contribution is 2.26. The summed E-state index contributed by atoms with van der Waals surface area (Å²) in [4.78, 5) is 0. The fourth-order valence-corrected chi connectivity index (χ4v) is 2.38. The summed E-state index contributed by atoms with van der Waals surface area (Å²) in [6, 6.07) is 9.12. The van der Waals surface area contributed by atoms with Gasteiger partial charge in [0.2, 0.25) is 5.89 Å². The van der Waals surface area contributed by atoms with Gasteiger partial charge in [0.05, 0.1) is 0 Å². The standard InChI is InChI=1S/C14H9F3N4O2S/c15-9(10(16)17)6-7-24-14-21-20-13(23-14)12-19-18-11(22-12)8-4-2-1-3-5-8/h1-5H,6-7H2. The predicted octanol–water partition coefficient (Wildman–Crippen LogP) is 4.35. The van der Waals surface area contributed by atoms with Crippen molar-refractivity contribution in [1.29, 1.82) is 0 Å². The highest BCUT2D eigenvalue weighted by atomic mass is 32.2. The molecule has 0 atom stereocenters. The molecule has 0 radical (unpaired) electrons. The third kappa shape index (κ3) is 3.82. The van der Waals surface area contributed by atoms with Gasteiger partial charge in [0, 0.05) is 17.7 Å². The van der Waals surface area contributed by atoms with E-state index < -0.39 is 18.3 Å². The Labute approximate surface area is 137 Å². The van der Waals surface area contributed by atoms with E-state index in [9.17, 15) is 13.2 Å².